The Kier molecular flexibility index (Phi) is 6.81. The zero-order valence-electron chi connectivity index (χ0n) is 27.2. The van der Waals surface area contributed by atoms with Crippen LogP contribution in [0.5, 0.6) is 0 Å². The number of fused-ring (bicyclic) bond motifs is 6. The molecule has 4 heteroatoms. The maximum Gasteiger partial charge on any atom is 0.136 e. The molecule has 3 aromatic heterocycles. The molecule has 0 amide bonds. The molecule has 1 aliphatic rings. The highest BCUT2D eigenvalue weighted by Gasteiger charge is 2.23. The summed E-state index contributed by atoms with van der Waals surface area (Å²) in [5.41, 5.74) is 10.2. The Labute approximate surface area is 294 Å². The number of para-hydroxylation sites is 1. The molecule has 0 radical (unpaired) electrons. The molecular weight excluding hydrogens is 627 g/mol. The van der Waals surface area contributed by atoms with Crippen molar-refractivity contribution < 1.29 is 0 Å². The number of hydrogen-bond donors (Lipinski definition) is 0. The van der Waals surface area contributed by atoms with Crippen molar-refractivity contribution in [3.05, 3.63) is 176 Å². The van der Waals surface area contributed by atoms with Crippen LogP contribution in [0, 0.1) is 0 Å². The molecule has 0 N–H and O–H groups in total. The van der Waals surface area contributed by atoms with E-state index < -0.39 is 0 Å². The van der Waals surface area contributed by atoms with Crippen LogP contribution in [0.1, 0.15) is 18.2 Å². The van der Waals surface area contributed by atoms with Crippen molar-refractivity contribution in [2.45, 2.75) is 12.3 Å². The molecule has 9 aromatic rings. The Morgan fingerprint density at radius 3 is 2.10 bits per heavy atom. The van der Waals surface area contributed by atoms with Gasteiger partial charge in [0.15, 0.2) is 0 Å². The van der Waals surface area contributed by atoms with Crippen LogP contribution in [0.4, 0.5) is 0 Å². The molecule has 0 spiro atoms. The van der Waals surface area contributed by atoms with Crippen LogP contribution in [0.3, 0.4) is 0 Å². The summed E-state index contributed by atoms with van der Waals surface area (Å²) < 4.78 is 5.00. The van der Waals surface area contributed by atoms with E-state index in [1.165, 1.54) is 58.8 Å². The predicted molar refractivity (Wildman–Crippen MR) is 211 cm³/mol. The van der Waals surface area contributed by atoms with Gasteiger partial charge in [0, 0.05) is 60.1 Å². The van der Waals surface area contributed by atoms with Gasteiger partial charge in [-0.05, 0) is 41.5 Å². The van der Waals surface area contributed by atoms with E-state index in [9.17, 15) is 0 Å². The van der Waals surface area contributed by atoms with E-state index in [2.05, 4.69) is 174 Å². The van der Waals surface area contributed by atoms with Crippen molar-refractivity contribution in [2.24, 2.45) is 0 Å². The standard InChI is InChI=1S/C46H31N3S/c1-3-13-30(14-4-1)32-25-26-36-35-19-7-9-23-42(35)49(43(36)28-32)34-18-11-17-33(27-34)46-47-40(31-15-5-2-6-16-31)29-41(48-46)39-22-12-21-38-37-20-8-10-24-44(37)50-45(38)39/h1-26,28-29,33H,27H2. The maximum absolute atomic E-state index is 5.38. The number of rotatable bonds is 5. The van der Waals surface area contributed by atoms with E-state index in [-0.39, 0.29) is 5.92 Å². The molecule has 0 saturated carbocycles. The van der Waals surface area contributed by atoms with Gasteiger partial charge in [-0.25, -0.2) is 9.97 Å². The molecule has 3 nitrogen and oxygen atoms in total. The summed E-state index contributed by atoms with van der Waals surface area (Å²) in [6, 6.07) is 54.2. The van der Waals surface area contributed by atoms with E-state index in [1.807, 2.05) is 11.3 Å². The second-order valence-corrected chi connectivity index (χ2v) is 14.0. The van der Waals surface area contributed by atoms with E-state index in [0.717, 1.165) is 34.8 Å². The second-order valence-electron chi connectivity index (χ2n) is 12.9. The largest absolute Gasteiger partial charge is 0.313 e. The fourth-order valence-corrected chi connectivity index (χ4v) is 8.80. The average molecular weight is 658 g/mol. The van der Waals surface area contributed by atoms with Crippen molar-refractivity contribution in [2.75, 3.05) is 0 Å². The molecule has 0 aliphatic heterocycles. The molecule has 3 heterocycles. The molecule has 6 aromatic carbocycles. The molecular formula is C46H31N3S. The molecule has 0 bridgehead atoms. The number of allylic oxidation sites excluding steroid dienone is 4. The lowest BCUT2D eigenvalue weighted by Gasteiger charge is -2.21. The molecule has 1 unspecified atom stereocenters. The number of hydrogen-bond acceptors (Lipinski definition) is 3. The second kappa shape index (κ2) is 11.8. The van der Waals surface area contributed by atoms with Crippen molar-refractivity contribution in [1.29, 1.82) is 0 Å². The van der Waals surface area contributed by atoms with Gasteiger partial charge < -0.3 is 4.57 Å². The summed E-state index contributed by atoms with van der Waals surface area (Å²) in [5.74, 6) is 0.847. The Morgan fingerprint density at radius 2 is 1.24 bits per heavy atom. The monoisotopic (exact) mass is 657 g/mol. The summed E-state index contributed by atoms with van der Waals surface area (Å²) in [5, 5.41) is 5.08. The van der Waals surface area contributed by atoms with Crippen LogP contribution in [0.25, 0.3) is 81.3 Å². The minimum absolute atomic E-state index is 0.00698. The van der Waals surface area contributed by atoms with Crippen molar-refractivity contribution in [1.82, 2.24) is 14.5 Å². The van der Waals surface area contributed by atoms with Gasteiger partial charge in [-0.3, -0.25) is 0 Å². The van der Waals surface area contributed by atoms with Gasteiger partial charge in [0.05, 0.1) is 22.4 Å². The molecule has 0 saturated heterocycles. The summed E-state index contributed by atoms with van der Waals surface area (Å²) in [7, 11) is 0. The fraction of sp³-hybridized carbons (Fsp3) is 0.0435. The summed E-state index contributed by atoms with van der Waals surface area (Å²) >= 11 is 1.84. The first-order valence-electron chi connectivity index (χ1n) is 17.1. The smallest absolute Gasteiger partial charge is 0.136 e. The normalized spacial score (nSPS) is 14.6. The predicted octanol–water partition coefficient (Wildman–Crippen LogP) is 12.5. The minimum Gasteiger partial charge on any atom is -0.313 e. The SMILES string of the molecule is C1=CC(c2nc(-c3ccccc3)cc(-c3cccc4c3sc3ccccc34)n2)CC(n2c3ccccc3c3ccc(-c4ccccc4)cc32)=C1. The molecule has 1 aliphatic carbocycles. The third-order valence-electron chi connectivity index (χ3n) is 9.95. The summed E-state index contributed by atoms with van der Waals surface area (Å²) in [6.07, 6.45) is 7.50. The molecule has 10 rings (SSSR count). The van der Waals surface area contributed by atoms with Crippen LogP contribution in [-0.4, -0.2) is 14.5 Å². The third-order valence-corrected chi connectivity index (χ3v) is 11.2. The molecule has 236 valence electrons. The third kappa shape index (κ3) is 4.80. The van der Waals surface area contributed by atoms with Gasteiger partial charge in [-0.15, -0.1) is 11.3 Å². The van der Waals surface area contributed by atoms with Gasteiger partial charge in [0.1, 0.15) is 5.82 Å². The molecule has 1 atom stereocenters. The summed E-state index contributed by atoms with van der Waals surface area (Å²) in [4.78, 5) is 10.6. The van der Waals surface area contributed by atoms with E-state index in [1.54, 1.807) is 0 Å². The van der Waals surface area contributed by atoms with Gasteiger partial charge in [-0.1, -0.05) is 140 Å². The molecule has 50 heavy (non-hydrogen) atoms. The lowest BCUT2D eigenvalue weighted by Crippen LogP contribution is -2.10. The van der Waals surface area contributed by atoms with Gasteiger partial charge >= 0.3 is 0 Å². The van der Waals surface area contributed by atoms with Gasteiger partial charge in [0.2, 0.25) is 0 Å². The zero-order valence-corrected chi connectivity index (χ0v) is 28.0. The Morgan fingerprint density at radius 1 is 0.540 bits per heavy atom. The van der Waals surface area contributed by atoms with Gasteiger partial charge in [-0.2, -0.15) is 0 Å². The van der Waals surface area contributed by atoms with Crippen molar-refractivity contribution >= 4 is 59.0 Å². The van der Waals surface area contributed by atoms with Crippen LogP contribution < -0.4 is 0 Å². The van der Waals surface area contributed by atoms with Crippen LogP contribution in [-0.2, 0) is 0 Å². The van der Waals surface area contributed by atoms with Crippen LogP contribution in [0.2, 0.25) is 0 Å². The quantitative estimate of drug-likeness (QED) is 0.184. The highest BCUT2D eigenvalue weighted by Crippen LogP contribution is 2.42. The number of nitrogens with zero attached hydrogens (tertiary/aromatic N) is 3. The first-order valence-corrected chi connectivity index (χ1v) is 17.9. The van der Waals surface area contributed by atoms with Crippen LogP contribution in [0.15, 0.2) is 170 Å². The van der Waals surface area contributed by atoms with E-state index in [4.69, 9.17) is 9.97 Å². The Bertz CT molecular complexity index is 2790. The summed E-state index contributed by atoms with van der Waals surface area (Å²) in [6.45, 7) is 0. The number of thiophene rings is 1. The van der Waals surface area contributed by atoms with Gasteiger partial charge in [0.25, 0.3) is 0 Å². The lowest BCUT2D eigenvalue weighted by molar-refractivity contribution is 0.768. The zero-order chi connectivity index (χ0) is 33.0. The van der Waals surface area contributed by atoms with Crippen molar-refractivity contribution in [3.63, 3.8) is 0 Å². The molecule has 0 fully saturated rings. The fourth-order valence-electron chi connectivity index (χ4n) is 7.57. The van der Waals surface area contributed by atoms with E-state index >= 15 is 0 Å². The minimum atomic E-state index is 0.00698. The highest BCUT2D eigenvalue weighted by atomic mass is 32.1. The highest BCUT2D eigenvalue weighted by molar-refractivity contribution is 7.26. The number of aromatic nitrogens is 3. The Balaban J connectivity index is 1.12. The first kappa shape index (κ1) is 28.9. The first-order chi connectivity index (χ1) is 24.8. The van der Waals surface area contributed by atoms with Crippen molar-refractivity contribution in [3.8, 4) is 33.6 Å². The van der Waals surface area contributed by atoms with Crippen LogP contribution >= 0.6 is 11.3 Å². The lowest BCUT2D eigenvalue weighted by atomic mass is 9.96. The average Bonchev–Trinajstić information content (AvgIpc) is 3.74. The topological polar surface area (TPSA) is 30.7 Å². The number of benzene rings is 6. The van der Waals surface area contributed by atoms with E-state index in [0.29, 0.717) is 0 Å². The maximum atomic E-state index is 5.38. The Hall–Kier alpha value is -6.10.